The molecule has 0 aliphatic heterocycles. The van der Waals surface area contributed by atoms with Crippen LogP contribution in [0.1, 0.15) is 12.1 Å². The molecule has 0 spiro atoms. The summed E-state index contributed by atoms with van der Waals surface area (Å²) >= 11 is 1.31. The van der Waals surface area contributed by atoms with Gasteiger partial charge in [-0.3, -0.25) is 9.78 Å². The molecule has 1 amide bonds. The van der Waals surface area contributed by atoms with E-state index in [2.05, 4.69) is 15.3 Å². The highest BCUT2D eigenvalue weighted by molar-refractivity contribution is 7.14. The normalized spacial score (nSPS) is 9.78. The minimum atomic E-state index is -0.351. The van der Waals surface area contributed by atoms with Gasteiger partial charge in [-0.25, -0.2) is 4.98 Å². The summed E-state index contributed by atoms with van der Waals surface area (Å²) in [7, 11) is 0. The topological polar surface area (TPSA) is 78.7 Å². The van der Waals surface area contributed by atoms with Crippen molar-refractivity contribution in [2.24, 2.45) is 0 Å². The van der Waals surface area contributed by atoms with Crippen molar-refractivity contribution in [3.05, 3.63) is 29.3 Å². The number of carbonyl (C=O) groups excluding carboxylic acids is 1. The fourth-order valence-corrected chi connectivity index (χ4v) is 2.09. The number of carbonyl (C=O) groups is 1. The molecule has 0 aliphatic carbocycles. The zero-order chi connectivity index (χ0) is 13.0. The van der Waals surface area contributed by atoms with Crippen molar-refractivity contribution in [3.8, 4) is 17.5 Å². The van der Waals surface area contributed by atoms with Crippen LogP contribution in [0.4, 0.5) is 5.13 Å². The highest BCUT2D eigenvalue weighted by Gasteiger charge is 2.08. The fourth-order valence-electron chi connectivity index (χ4n) is 1.37. The van der Waals surface area contributed by atoms with E-state index < -0.39 is 0 Å². The summed E-state index contributed by atoms with van der Waals surface area (Å²) in [6.45, 7) is 1.91. The molecule has 0 radical (unpaired) electrons. The van der Waals surface area contributed by atoms with Crippen molar-refractivity contribution in [3.63, 3.8) is 0 Å². The maximum atomic E-state index is 11.2. The van der Waals surface area contributed by atoms with Crippen LogP contribution in [-0.2, 0) is 4.79 Å². The third kappa shape index (κ3) is 2.90. The third-order valence-corrected chi connectivity index (χ3v) is 2.90. The standard InChI is InChI=1S/C12H10N4OS/c1-8-3-2-4-9(14-8)10-7-18-12(15-10)16-11(17)5-6-13/h2-4,7H,5H2,1H3,(H,15,16,17). The number of aryl methyl sites for hydroxylation is 1. The lowest BCUT2D eigenvalue weighted by Gasteiger charge is -1.97. The maximum Gasteiger partial charge on any atom is 0.240 e. The van der Waals surface area contributed by atoms with Crippen LogP contribution in [0.3, 0.4) is 0 Å². The van der Waals surface area contributed by atoms with Crippen molar-refractivity contribution >= 4 is 22.4 Å². The molecule has 0 fully saturated rings. The lowest BCUT2D eigenvalue weighted by molar-refractivity contribution is -0.115. The molecular weight excluding hydrogens is 248 g/mol. The van der Waals surface area contributed by atoms with Crippen LogP contribution in [0, 0.1) is 18.3 Å². The molecule has 2 aromatic heterocycles. The van der Waals surface area contributed by atoms with Crippen LogP contribution in [0.2, 0.25) is 0 Å². The Bertz CT molecular complexity index is 615. The number of hydrogen-bond acceptors (Lipinski definition) is 5. The van der Waals surface area contributed by atoms with E-state index in [9.17, 15) is 4.79 Å². The Morgan fingerprint density at radius 2 is 2.28 bits per heavy atom. The van der Waals surface area contributed by atoms with E-state index in [0.29, 0.717) is 5.13 Å². The van der Waals surface area contributed by atoms with Crippen molar-refractivity contribution in [2.45, 2.75) is 13.3 Å². The first-order valence-electron chi connectivity index (χ1n) is 5.25. The monoisotopic (exact) mass is 258 g/mol. The first-order chi connectivity index (χ1) is 8.69. The molecule has 0 unspecified atom stereocenters. The first kappa shape index (κ1) is 12.2. The van der Waals surface area contributed by atoms with Crippen molar-refractivity contribution in [2.75, 3.05) is 5.32 Å². The lowest BCUT2D eigenvalue weighted by Crippen LogP contribution is -2.09. The van der Waals surface area contributed by atoms with Gasteiger partial charge in [0.25, 0.3) is 0 Å². The number of hydrogen-bond donors (Lipinski definition) is 1. The molecule has 5 nitrogen and oxygen atoms in total. The smallest absolute Gasteiger partial charge is 0.240 e. The van der Waals surface area contributed by atoms with Crippen LogP contribution in [0.15, 0.2) is 23.6 Å². The number of thiazole rings is 1. The van der Waals surface area contributed by atoms with Crippen LogP contribution >= 0.6 is 11.3 Å². The van der Waals surface area contributed by atoms with Crippen molar-refractivity contribution in [1.82, 2.24) is 9.97 Å². The largest absolute Gasteiger partial charge is 0.301 e. The number of nitrogens with zero attached hydrogens (tertiary/aromatic N) is 3. The van der Waals surface area contributed by atoms with Gasteiger partial charge in [0.1, 0.15) is 12.1 Å². The zero-order valence-corrected chi connectivity index (χ0v) is 10.5. The number of aromatic nitrogens is 2. The number of anilines is 1. The van der Waals surface area contributed by atoms with E-state index >= 15 is 0 Å². The molecule has 6 heteroatoms. The molecule has 0 atom stereocenters. The second-order valence-corrected chi connectivity index (χ2v) is 4.44. The molecule has 2 aromatic rings. The van der Waals surface area contributed by atoms with Crippen LogP contribution in [-0.4, -0.2) is 15.9 Å². The highest BCUT2D eigenvalue weighted by atomic mass is 32.1. The number of amides is 1. The zero-order valence-electron chi connectivity index (χ0n) is 9.67. The minimum absolute atomic E-state index is 0.169. The second kappa shape index (κ2) is 5.38. The molecule has 90 valence electrons. The van der Waals surface area contributed by atoms with E-state index in [4.69, 9.17) is 5.26 Å². The van der Waals surface area contributed by atoms with Gasteiger partial charge in [-0.05, 0) is 19.1 Å². The van der Waals surface area contributed by atoms with E-state index in [1.807, 2.05) is 30.5 Å². The molecule has 0 aliphatic rings. The first-order valence-corrected chi connectivity index (χ1v) is 6.13. The average molecular weight is 258 g/mol. The number of nitrogens with one attached hydrogen (secondary N) is 1. The maximum absolute atomic E-state index is 11.2. The molecule has 18 heavy (non-hydrogen) atoms. The Morgan fingerprint density at radius 3 is 3.00 bits per heavy atom. The predicted molar refractivity (Wildman–Crippen MR) is 68.9 cm³/mol. The summed E-state index contributed by atoms with van der Waals surface area (Å²) in [5.74, 6) is -0.351. The Hall–Kier alpha value is -2.26. The van der Waals surface area contributed by atoms with Crippen LogP contribution < -0.4 is 5.32 Å². The molecular formula is C12H10N4OS. The number of rotatable bonds is 3. The molecule has 1 N–H and O–H groups in total. The van der Waals surface area contributed by atoms with Crippen LogP contribution in [0.5, 0.6) is 0 Å². The van der Waals surface area contributed by atoms with Gasteiger partial charge in [-0.15, -0.1) is 11.3 Å². The summed E-state index contributed by atoms with van der Waals surface area (Å²) < 4.78 is 0. The summed E-state index contributed by atoms with van der Waals surface area (Å²) in [6.07, 6.45) is -0.169. The predicted octanol–water partition coefficient (Wildman–Crippen LogP) is 2.37. The molecule has 0 bridgehead atoms. The Kier molecular flexibility index (Phi) is 3.65. The summed E-state index contributed by atoms with van der Waals surface area (Å²) in [6, 6.07) is 7.47. The van der Waals surface area contributed by atoms with Gasteiger partial charge in [0.15, 0.2) is 5.13 Å². The molecule has 0 aromatic carbocycles. The van der Waals surface area contributed by atoms with E-state index in [0.717, 1.165) is 17.1 Å². The summed E-state index contributed by atoms with van der Waals surface area (Å²) in [4.78, 5) is 19.8. The molecule has 0 saturated heterocycles. The van der Waals surface area contributed by atoms with Crippen LogP contribution in [0.25, 0.3) is 11.4 Å². The Balaban J connectivity index is 2.16. The fraction of sp³-hybridized carbons (Fsp3) is 0.167. The van der Waals surface area contributed by atoms with Gasteiger partial charge in [0.2, 0.25) is 5.91 Å². The number of pyridine rings is 1. The van der Waals surface area contributed by atoms with Crippen molar-refractivity contribution in [1.29, 1.82) is 5.26 Å². The lowest BCUT2D eigenvalue weighted by atomic mass is 10.3. The summed E-state index contributed by atoms with van der Waals surface area (Å²) in [5, 5.41) is 13.3. The van der Waals surface area contributed by atoms with E-state index in [1.165, 1.54) is 11.3 Å². The quantitative estimate of drug-likeness (QED) is 0.916. The Morgan fingerprint density at radius 1 is 1.44 bits per heavy atom. The SMILES string of the molecule is Cc1cccc(-c2csc(NC(=O)CC#N)n2)n1. The van der Waals surface area contributed by atoms with Gasteiger partial charge in [-0.1, -0.05) is 6.07 Å². The minimum Gasteiger partial charge on any atom is -0.301 e. The average Bonchev–Trinajstić information content (AvgIpc) is 2.78. The van der Waals surface area contributed by atoms with Gasteiger partial charge in [-0.2, -0.15) is 5.26 Å². The van der Waals surface area contributed by atoms with Gasteiger partial charge < -0.3 is 5.32 Å². The molecule has 0 saturated carbocycles. The number of nitriles is 1. The van der Waals surface area contributed by atoms with Gasteiger partial charge in [0.05, 0.1) is 11.8 Å². The second-order valence-electron chi connectivity index (χ2n) is 3.59. The van der Waals surface area contributed by atoms with E-state index in [-0.39, 0.29) is 12.3 Å². The van der Waals surface area contributed by atoms with Gasteiger partial charge in [0, 0.05) is 11.1 Å². The third-order valence-electron chi connectivity index (χ3n) is 2.14. The molecule has 2 heterocycles. The summed E-state index contributed by atoms with van der Waals surface area (Å²) in [5.41, 5.74) is 2.40. The Labute approximate surface area is 108 Å². The van der Waals surface area contributed by atoms with Crippen molar-refractivity contribution < 1.29 is 4.79 Å². The van der Waals surface area contributed by atoms with E-state index in [1.54, 1.807) is 6.07 Å². The van der Waals surface area contributed by atoms with Gasteiger partial charge >= 0.3 is 0 Å². The molecule has 2 rings (SSSR count). The highest BCUT2D eigenvalue weighted by Crippen LogP contribution is 2.23.